The maximum atomic E-state index is 10.0. The molecule has 6 heteroatoms. The zero-order valence-electron chi connectivity index (χ0n) is 4.94. The maximum absolute atomic E-state index is 10.0. The Morgan fingerprint density at radius 1 is 1.40 bits per heavy atom. The van der Waals surface area contributed by atoms with Gasteiger partial charge >= 0.3 is 5.97 Å². The van der Waals surface area contributed by atoms with E-state index in [-0.39, 0.29) is 0 Å². The predicted molar refractivity (Wildman–Crippen MR) is 28.6 cm³/mol. The Balaban J connectivity index is 4.13. The molecule has 0 aliphatic heterocycles. The summed E-state index contributed by atoms with van der Waals surface area (Å²) in [6, 6.07) is 0. The van der Waals surface area contributed by atoms with Crippen LogP contribution in [0.2, 0.25) is 0 Å². The largest absolute Gasteiger partial charge is 0.481 e. The van der Waals surface area contributed by atoms with Gasteiger partial charge in [-0.1, -0.05) is 0 Å². The van der Waals surface area contributed by atoms with E-state index in [4.69, 9.17) is 15.3 Å². The molecule has 0 saturated carbocycles. The fourth-order valence-corrected chi connectivity index (χ4v) is 0.298. The molecule has 0 atom stereocenters. The molecular formula is C4H7NO5. The summed E-state index contributed by atoms with van der Waals surface area (Å²) in [6.07, 6.45) is -1.11. The molecule has 58 valence electrons. The molecule has 0 aromatic heterocycles. The lowest BCUT2D eigenvalue weighted by Crippen LogP contribution is -2.45. The molecule has 0 fully saturated rings. The number of carboxylic acid groups (broad SMARTS) is 1. The van der Waals surface area contributed by atoms with E-state index in [1.54, 1.807) is 0 Å². The van der Waals surface area contributed by atoms with Crippen molar-refractivity contribution in [2.75, 3.05) is 0 Å². The molecule has 0 aromatic carbocycles. The van der Waals surface area contributed by atoms with Crippen LogP contribution in [0.3, 0.4) is 0 Å². The van der Waals surface area contributed by atoms with Crippen LogP contribution in [-0.4, -0.2) is 33.0 Å². The molecule has 0 radical (unpaired) electrons. The highest BCUT2D eigenvalue weighted by atomic mass is 16.5. The number of hydrogen-bond acceptors (Lipinski definition) is 4. The van der Waals surface area contributed by atoms with Crippen LogP contribution in [-0.2, 0) is 9.59 Å². The van der Waals surface area contributed by atoms with Gasteiger partial charge in [0.2, 0.25) is 0 Å². The number of carbonyl (C=O) groups excluding carboxylic acids is 1. The highest BCUT2D eigenvalue weighted by molar-refractivity contribution is 5.85. The molecule has 1 amide bonds. The number of aliphatic carboxylic acids is 1. The second kappa shape index (κ2) is 2.63. The average Bonchev–Trinajstić information content (AvgIpc) is 1.60. The van der Waals surface area contributed by atoms with Crippen LogP contribution in [0, 0.1) is 0 Å². The molecule has 0 aliphatic carbocycles. The smallest absolute Gasteiger partial charge is 0.309 e. The summed E-state index contributed by atoms with van der Waals surface area (Å²) >= 11 is 0. The van der Waals surface area contributed by atoms with Gasteiger partial charge in [-0.25, -0.2) is 0 Å². The topological polar surface area (TPSA) is 121 Å². The van der Waals surface area contributed by atoms with Gasteiger partial charge in [-0.3, -0.25) is 9.59 Å². The predicted octanol–water partition coefficient (Wildman–Crippen LogP) is -2.37. The van der Waals surface area contributed by atoms with E-state index < -0.39 is 24.1 Å². The Bertz CT molecular complexity index is 163. The molecule has 5 N–H and O–H groups in total. The third-order valence-electron chi connectivity index (χ3n) is 0.792. The van der Waals surface area contributed by atoms with Crippen molar-refractivity contribution in [2.24, 2.45) is 5.73 Å². The molecule has 0 heterocycles. The van der Waals surface area contributed by atoms with Gasteiger partial charge < -0.3 is 21.1 Å². The number of hydrogen-bond donors (Lipinski definition) is 4. The van der Waals surface area contributed by atoms with Crippen molar-refractivity contribution in [3.63, 3.8) is 0 Å². The zero-order chi connectivity index (χ0) is 8.36. The summed E-state index contributed by atoms with van der Waals surface area (Å²) in [6.45, 7) is 0. The number of carbonyl (C=O) groups is 2. The molecule has 0 saturated heterocycles. The molecule has 6 nitrogen and oxygen atoms in total. The summed E-state index contributed by atoms with van der Waals surface area (Å²) in [5.74, 6) is -5.93. The van der Waals surface area contributed by atoms with Crippen molar-refractivity contribution in [1.29, 1.82) is 0 Å². The first-order valence-corrected chi connectivity index (χ1v) is 2.32. The van der Waals surface area contributed by atoms with Crippen molar-refractivity contribution >= 4 is 11.9 Å². The van der Waals surface area contributed by atoms with Crippen LogP contribution < -0.4 is 5.73 Å². The normalized spacial score (nSPS) is 11.0. The highest BCUT2D eigenvalue weighted by Gasteiger charge is 2.33. The van der Waals surface area contributed by atoms with Gasteiger partial charge in [-0.15, -0.1) is 0 Å². The van der Waals surface area contributed by atoms with Gasteiger partial charge in [0.1, 0.15) is 6.42 Å². The summed E-state index contributed by atoms with van der Waals surface area (Å²) < 4.78 is 0. The molecule has 10 heavy (non-hydrogen) atoms. The fraction of sp³-hybridized carbons (Fsp3) is 0.500. The molecular weight excluding hydrogens is 142 g/mol. The number of amides is 1. The second-order valence-electron chi connectivity index (χ2n) is 1.75. The number of primary amides is 1. The molecule has 0 aromatic rings. The summed E-state index contributed by atoms with van der Waals surface area (Å²) in [7, 11) is 0. The van der Waals surface area contributed by atoms with Gasteiger partial charge in [0.05, 0.1) is 0 Å². The summed E-state index contributed by atoms with van der Waals surface area (Å²) in [5, 5.41) is 24.9. The third-order valence-corrected chi connectivity index (χ3v) is 0.792. The van der Waals surface area contributed by atoms with Crippen molar-refractivity contribution < 1.29 is 24.9 Å². The highest BCUT2D eigenvalue weighted by Crippen LogP contribution is 2.03. The fourth-order valence-electron chi connectivity index (χ4n) is 0.298. The first-order chi connectivity index (χ1) is 4.36. The lowest BCUT2D eigenvalue weighted by Gasteiger charge is -2.13. The van der Waals surface area contributed by atoms with Crippen LogP contribution in [0.1, 0.15) is 6.42 Å². The Morgan fingerprint density at radius 3 is 1.90 bits per heavy atom. The molecule has 0 bridgehead atoms. The Labute approximate surface area is 55.9 Å². The van der Waals surface area contributed by atoms with Crippen LogP contribution in [0.15, 0.2) is 0 Å². The standard InChI is InChI=1S/C4H7NO5/c5-3(8)4(9,10)1-2(6)7/h9-10H,1H2,(H2,5,8)(H,6,7). The van der Waals surface area contributed by atoms with Gasteiger partial charge in [0, 0.05) is 0 Å². The number of rotatable bonds is 3. The monoisotopic (exact) mass is 149 g/mol. The first-order valence-electron chi connectivity index (χ1n) is 2.32. The third kappa shape index (κ3) is 2.42. The number of nitrogens with two attached hydrogens (primary N) is 1. The van der Waals surface area contributed by atoms with Crippen LogP contribution >= 0.6 is 0 Å². The Kier molecular flexibility index (Phi) is 2.33. The lowest BCUT2D eigenvalue weighted by atomic mass is 10.2. The van der Waals surface area contributed by atoms with E-state index in [2.05, 4.69) is 5.73 Å². The minimum Gasteiger partial charge on any atom is -0.481 e. The van der Waals surface area contributed by atoms with Crippen LogP contribution in [0.5, 0.6) is 0 Å². The van der Waals surface area contributed by atoms with Crippen molar-refractivity contribution in [3.05, 3.63) is 0 Å². The van der Waals surface area contributed by atoms with Crippen molar-refractivity contribution in [2.45, 2.75) is 12.2 Å². The van der Waals surface area contributed by atoms with Gasteiger partial charge in [-0.2, -0.15) is 0 Å². The minimum atomic E-state index is -2.94. The molecule has 0 unspecified atom stereocenters. The van der Waals surface area contributed by atoms with E-state index in [1.807, 2.05) is 0 Å². The van der Waals surface area contributed by atoms with Crippen molar-refractivity contribution in [1.82, 2.24) is 0 Å². The number of carboxylic acids is 1. The zero-order valence-corrected chi connectivity index (χ0v) is 4.94. The maximum Gasteiger partial charge on any atom is 0.309 e. The van der Waals surface area contributed by atoms with Gasteiger partial charge in [0.25, 0.3) is 11.7 Å². The van der Waals surface area contributed by atoms with E-state index in [0.29, 0.717) is 0 Å². The lowest BCUT2D eigenvalue weighted by molar-refractivity contribution is -0.190. The molecule has 0 rings (SSSR count). The minimum absolute atomic E-state index is 1.11. The van der Waals surface area contributed by atoms with E-state index in [1.165, 1.54) is 0 Å². The van der Waals surface area contributed by atoms with Gasteiger partial charge in [-0.05, 0) is 0 Å². The second-order valence-corrected chi connectivity index (χ2v) is 1.75. The van der Waals surface area contributed by atoms with E-state index in [9.17, 15) is 9.59 Å². The number of aliphatic hydroxyl groups is 2. The average molecular weight is 149 g/mol. The Hall–Kier alpha value is -1.14. The van der Waals surface area contributed by atoms with Crippen LogP contribution in [0.25, 0.3) is 0 Å². The SMILES string of the molecule is NC(=O)C(O)(O)CC(=O)O. The first kappa shape index (κ1) is 8.86. The quantitative estimate of drug-likeness (QED) is 0.334. The van der Waals surface area contributed by atoms with Gasteiger partial charge in [0.15, 0.2) is 0 Å². The van der Waals surface area contributed by atoms with E-state index in [0.717, 1.165) is 0 Å². The summed E-state index contributed by atoms with van der Waals surface area (Å²) in [5.41, 5.74) is 4.42. The van der Waals surface area contributed by atoms with Crippen molar-refractivity contribution in [3.8, 4) is 0 Å². The molecule has 0 spiro atoms. The van der Waals surface area contributed by atoms with Crippen LogP contribution in [0.4, 0.5) is 0 Å². The summed E-state index contributed by atoms with van der Waals surface area (Å²) in [4.78, 5) is 19.8. The molecule has 0 aliphatic rings. The Morgan fingerprint density at radius 2 is 1.80 bits per heavy atom. The van der Waals surface area contributed by atoms with E-state index >= 15 is 0 Å².